The third-order valence-electron chi connectivity index (χ3n) is 2.97. The number of nitrogens with one attached hydrogen (secondary N) is 2. The number of amides is 2. The Kier molecular flexibility index (Phi) is 5.92. The van der Waals surface area contributed by atoms with Crippen LogP contribution < -0.4 is 10.6 Å². The Morgan fingerprint density at radius 3 is 2.71 bits per heavy atom. The Balaban J connectivity index is 2.79. The van der Waals surface area contributed by atoms with Gasteiger partial charge in [-0.05, 0) is 25.5 Å². The molecule has 0 saturated carbocycles. The van der Waals surface area contributed by atoms with Crippen molar-refractivity contribution in [3.05, 3.63) is 33.3 Å². The lowest BCUT2D eigenvalue weighted by Gasteiger charge is -2.28. The smallest absolute Gasteiger partial charge is 0.319 e. The van der Waals surface area contributed by atoms with Gasteiger partial charge in [-0.25, -0.2) is 4.79 Å². The van der Waals surface area contributed by atoms with E-state index in [-0.39, 0.29) is 23.0 Å². The summed E-state index contributed by atoms with van der Waals surface area (Å²) in [5, 5.41) is 25.3. The highest BCUT2D eigenvalue weighted by Crippen LogP contribution is 2.27. The van der Waals surface area contributed by atoms with E-state index in [2.05, 4.69) is 10.6 Å². The number of rotatable bonds is 6. The number of halogens is 1. The molecule has 0 aliphatic heterocycles. The molecule has 1 aromatic rings. The van der Waals surface area contributed by atoms with Crippen LogP contribution in [0.25, 0.3) is 0 Å². The molecule has 8 heteroatoms. The molecule has 1 atom stereocenters. The van der Waals surface area contributed by atoms with Crippen LogP contribution in [-0.2, 0) is 0 Å². The summed E-state index contributed by atoms with van der Waals surface area (Å²) in [7, 11) is 0. The van der Waals surface area contributed by atoms with Crippen molar-refractivity contribution in [2.45, 2.75) is 32.2 Å². The number of nitrogens with zero attached hydrogens (tertiary/aromatic N) is 1. The molecule has 3 N–H and O–H groups in total. The van der Waals surface area contributed by atoms with Crippen LogP contribution in [0.4, 0.5) is 16.2 Å². The van der Waals surface area contributed by atoms with E-state index in [1.807, 2.05) is 6.92 Å². The molecular weight excluding hydrogens is 298 g/mol. The van der Waals surface area contributed by atoms with Crippen LogP contribution in [0.1, 0.15) is 26.7 Å². The number of benzene rings is 1. The normalized spacial score (nSPS) is 13.3. The summed E-state index contributed by atoms with van der Waals surface area (Å²) in [6, 6.07) is 3.44. The van der Waals surface area contributed by atoms with Crippen molar-refractivity contribution in [1.82, 2.24) is 5.32 Å². The number of hydrogen-bond donors (Lipinski definition) is 3. The maximum Gasteiger partial charge on any atom is 0.319 e. The van der Waals surface area contributed by atoms with Gasteiger partial charge >= 0.3 is 6.03 Å². The fraction of sp³-hybridized carbons (Fsp3) is 0.462. The molecule has 0 aliphatic carbocycles. The number of nitro benzene ring substituents is 1. The van der Waals surface area contributed by atoms with Crippen molar-refractivity contribution in [3.63, 3.8) is 0 Å². The highest BCUT2D eigenvalue weighted by Gasteiger charge is 2.24. The first-order chi connectivity index (χ1) is 9.81. The SMILES string of the molecule is CCCC(C)(CO)NC(=O)Nc1ccc(Cl)c([N+](=O)[O-])c1. The van der Waals surface area contributed by atoms with Crippen molar-refractivity contribution in [3.8, 4) is 0 Å². The Morgan fingerprint density at radius 2 is 2.19 bits per heavy atom. The van der Waals surface area contributed by atoms with Gasteiger partial charge in [0.2, 0.25) is 0 Å². The second-order valence-electron chi connectivity index (χ2n) is 4.97. The van der Waals surface area contributed by atoms with Gasteiger partial charge < -0.3 is 15.7 Å². The zero-order valence-electron chi connectivity index (χ0n) is 11.9. The molecule has 0 aliphatic rings. The molecule has 116 valence electrons. The molecule has 0 radical (unpaired) electrons. The van der Waals surface area contributed by atoms with Crippen LogP contribution in [0.2, 0.25) is 5.02 Å². The van der Waals surface area contributed by atoms with Gasteiger partial charge in [-0.1, -0.05) is 24.9 Å². The molecule has 0 fully saturated rings. The lowest BCUT2D eigenvalue weighted by atomic mass is 9.98. The van der Waals surface area contributed by atoms with Crippen molar-refractivity contribution >= 4 is 29.0 Å². The minimum Gasteiger partial charge on any atom is -0.394 e. The first-order valence-corrected chi connectivity index (χ1v) is 6.83. The van der Waals surface area contributed by atoms with E-state index in [1.54, 1.807) is 6.92 Å². The number of anilines is 1. The van der Waals surface area contributed by atoms with E-state index < -0.39 is 16.5 Å². The molecule has 0 spiro atoms. The fourth-order valence-electron chi connectivity index (χ4n) is 1.90. The van der Waals surface area contributed by atoms with Crippen LogP contribution in [0.15, 0.2) is 18.2 Å². The van der Waals surface area contributed by atoms with Gasteiger partial charge in [0.05, 0.1) is 17.1 Å². The van der Waals surface area contributed by atoms with Gasteiger partial charge in [0.1, 0.15) is 5.02 Å². The second kappa shape index (κ2) is 7.24. The highest BCUT2D eigenvalue weighted by atomic mass is 35.5. The number of aliphatic hydroxyl groups excluding tert-OH is 1. The van der Waals surface area contributed by atoms with Gasteiger partial charge in [-0.15, -0.1) is 0 Å². The second-order valence-corrected chi connectivity index (χ2v) is 5.38. The monoisotopic (exact) mass is 315 g/mol. The molecule has 1 rings (SSSR count). The summed E-state index contributed by atoms with van der Waals surface area (Å²) in [4.78, 5) is 22.0. The number of hydrogen-bond acceptors (Lipinski definition) is 4. The lowest BCUT2D eigenvalue weighted by Crippen LogP contribution is -2.50. The fourth-order valence-corrected chi connectivity index (χ4v) is 2.09. The maximum atomic E-state index is 11.9. The van der Waals surface area contributed by atoms with Crippen LogP contribution in [-0.4, -0.2) is 28.2 Å². The molecule has 1 aromatic carbocycles. The highest BCUT2D eigenvalue weighted by molar-refractivity contribution is 6.32. The van der Waals surface area contributed by atoms with Crippen molar-refractivity contribution < 1.29 is 14.8 Å². The number of carbonyl (C=O) groups is 1. The van der Waals surface area contributed by atoms with Crippen LogP contribution in [0.3, 0.4) is 0 Å². The van der Waals surface area contributed by atoms with Crippen LogP contribution in [0.5, 0.6) is 0 Å². The third-order valence-corrected chi connectivity index (χ3v) is 3.29. The number of urea groups is 1. The van der Waals surface area contributed by atoms with E-state index in [0.717, 1.165) is 6.42 Å². The quantitative estimate of drug-likeness (QED) is 0.554. The Hall–Kier alpha value is -1.86. The van der Waals surface area contributed by atoms with Gasteiger partial charge in [-0.3, -0.25) is 10.1 Å². The summed E-state index contributed by atoms with van der Waals surface area (Å²) in [6.07, 6.45) is 1.40. The maximum absolute atomic E-state index is 11.9. The summed E-state index contributed by atoms with van der Waals surface area (Å²) in [5.74, 6) is 0. The van der Waals surface area contributed by atoms with Crippen molar-refractivity contribution in [2.24, 2.45) is 0 Å². The van der Waals surface area contributed by atoms with Crippen LogP contribution >= 0.6 is 11.6 Å². The van der Waals surface area contributed by atoms with Gasteiger partial charge in [0.15, 0.2) is 0 Å². The van der Waals surface area contributed by atoms with E-state index in [4.69, 9.17) is 11.6 Å². The largest absolute Gasteiger partial charge is 0.394 e. The average molecular weight is 316 g/mol. The third kappa shape index (κ3) is 4.87. The van der Waals surface area contributed by atoms with Gasteiger partial charge in [-0.2, -0.15) is 0 Å². The molecule has 0 bridgehead atoms. The predicted octanol–water partition coefficient (Wildman–Crippen LogP) is 2.92. The Labute approximate surface area is 127 Å². The number of aliphatic hydroxyl groups is 1. The van der Waals surface area contributed by atoms with Gasteiger partial charge in [0, 0.05) is 11.8 Å². The van der Waals surface area contributed by atoms with Crippen molar-refractivity contribution in [1.29, 1.82) is 0 Å². The Morgan fingerprint density at radius 1 is 1.52 bits per heavy atom. The molecule has 0 heterocycles. The van der Waals surface area contributed by atoms with E-state index in [1.165, 1.54) is 18.2 Å². The van der Waals surface area contributed by atoms with E-state index >= 15 is 0 Å². The average Bonchev–Trinajstić information content (AvgIpc) is 2.40. The zero-order valence-corrected chi connectivity index (χ0v) is 12.6. The standard InChI is InChI=1S/C13H18ClN3O4/c1-3-6-13(2,8-18)16-12(19)15-9-4-5-10(14)11(7-9)17(20)21/h4-5,7,18H,3,6,8H2,1-2H3,(H2,15,16,19). The van der Waals surface area contributed by atoms with Gasteiger partial charge in [0.25, 0.3) is 5.69 Å². The molecule has 0 saturated heterocycles. The lowest BCUT2D eigenvalue weighted by molar-refractivity contribution is -0.384. The van der Waals surface area contributed by atoms with E-state index in [0.29, 0.717) is 6.42 Å². The van der Waals surface area contributed by atoms with Crippen LogP contribution in [0, 0.1) is 10.1 Å². The summed E-state index contributed by atoms with van der Waals surface area (Å²) in [6.45, 7) is 3.46. The molecule has 21 heavy (non-hydrogen) atoms. The minimum absolute atomic E-state index is 0.00265. The summed E-state index contributed by atoms with van der Waals surface area (Å²) >= 11 is 5.69. The summed E-state index contributed by atoms with van der Waals surface area (Å²) in [5.41, 5.74) is -0.773. The molecule has 0 aromatic heterocycles. The first kappa shape index (κ1) is 17.2. The first-order valence-electron chi connectivity index (χ1n) is 6.45. The minimum atomic E-state index is -0.739. The summed E-state index contributed by atoms with van der Waals surface area (Å²) < 4.78 is 0. The molecule has 7 nitrogen and oxygen atoms in total. The molecule has 1 unspecified atom stereocenters. The number of carbonyl (C=O) groups excluding carboxylic acids is 1. The van der Waals surface area contributed by atoms with E-state index in [9.17, 15) is 20.0 Å². The van der Waals surface area contributed by atoms with Crippen molar-refractivity contribution in [2.75, 3.05) is 11.9 Å². The molecular formula is C13H18ClN3O4. The molecule has 2 amide bonds. The topological polar surface area (TPSA) is 104 Å². The zero-order chi connectivity index (χ0) is 16.0. The number of nitro groups is 1. The predicted molar refractivity (Wildman–Crippen MR) is 80.7 cm³/mol. The Bertz CT molecular complexity index is 538.